The van der Waals surface area contributed by atoms with Gasteiger partial charge < -0.3 is 0 Å². The van der Waals surface area contributed by atoms with Gasteiger partial charge in [-0.05, 0) is 26.2 Å². The van der Waals surface area contributed by atoms with Crippen LogP contribution in [0.4, 0.5) is 0 Å². The van der Waals surface area contributed by atoms with Crippen molar-refractivity contribution in [1.29, 1.82) is 0 Å². The lowest BCUT2D eigenvalue weighted by Gasteiger charge is -2.20. The summed E-state index contributed by atoms with van der Waals surface area (Å²) in [5, 5.41) is 0.389. The molecule has 1 rings (SSSR count). The Morgan fingerprint density at radius 3 is 2.80 bits per heavy atom. The maximum absolute atomic E-state index is 5.98. The van der Waals surface area contributed by atoms with Crippen LogP contribution in [-0.4, -0.2) is 5.38 Å². The first-order valence-corrected chi connectivity index (χ1v) is 4.33. The molecule has 0 aromatic rings. The van der Waals surface area contributed by atoms with Gasteiger partial charge in [0.15, 0.2) is 0 Å². The molecule has 0 radical (unpaired) electrons. The molecule has 0 amide bonds. The van der Waals surface area contributed by atoms with Crippen LogP contribution in [0.15, 0.2) is 0 Å². The van der Waals surface area contributed by atoms with Crippen molar-refractivity contribution in [3.8, 4) is 11.8 Å². The fourth-order valence-corrected chi connectivity index (χ4v) is 1.83. The standard InChI is InChI=1S/C9H13Cl/c1-2-4-8-5-3-6-9(10)7-8/h8-9H,3,5-7H2,1H3. The monoisotopic (exact) mass is 156 g/mol. The molecule has 1 aliphatic rings. The van der Waals surface area contributed by atoms with Crippen molar-refractivity contribution in [2.45, 2.75) is 38.0 Å². The van der Waals surface area contributed by atoms with Crippen LogP contribution in [0.25, 0.3) is 0 Å². The summed E-state index contributed by atoms with van der Waals surface area (Å²) >= 11 is 5.98. The van der Waals surface area contributed by atoms with Crippen LogP contribution in [0.5, 0.6) is 0 Å². The minimum absolute atomic E-state index is 0.389. The van der Waals surface area contributed by atoms with Gasteiger partial charge in [-0.3, -0.25) is 0 Å². The average molecular weight is 157 g/mol. The molecular formula is C9H13Cl. The van der Waals surface area contributed by atoms with Crippen LogP contribution < -0.4 is 0 Å². The molecule has 0 spiro atoms. The summed E-state index contributed by atoms with van der Waals surface area (Å²) in [6.07, 6.45) is 4.80. The van der Waals surface area contributed by atoms with Crippen LogP contribution in [0.3, 0.4) is 0 Å². The molecule has 0 heterocycles. The van der Waals surface area contributed by atoms with Gasteiger partial charge in [0.2, 0.25) is 0 Å². The van der Waals surface area contributed by atoms with Crippen LogP contribution in [0, 0.1) is 17.8 Å². The molecule has 0 aromatic carbocycles. The molecule has 0 aromatic heterocycles. The van der Waals surface area contributed by atoms with Crippen molar-refractivity contribution in [2.24, 2.45) is 5.92 Å². The van der Waals surface area contributed by atoms with Gasteiger partial charge in [0.05, 0.1) is 0 Å². The summed E-state index contributed by atoms with van der Waals surface area (Å²) in [6, 6.07) is 0. The van der Waals surface area contributed by atoms with Crippen molar-refractivity contribution < 1.29 is 0 Å². The smallest absolute Gasteiger partial charge is 0.0347 e. The summed E-state index contributed by atoms with van der Waals surface area (Å²) in [5.41, 5.74) is 0. The molecule has 2 unspecified atom stereocenters. The number of hydrogen-bond donors (Lipinski definition) is 0. The van der Waals surface area contributed by atoms with E-state index in [0.717, 1.165) is 6.42 Å². The molecule has 0 N–H and O–H groups in total. The Bertz CT molecular complexity index is 152. The SMILES string of the molecule is CC#CC1CCCC(Cl)C1. The lowest BCUT2D eigenvalue weighted by atomic mass is 9.89. The van der Waals surface area contributed by atoms with E-state index in [0.29, 0.717) is 11.3 Å². The Morgan fingerprint density at radius 2 is 2.20 bits per heavy atom. The van der Waals surface area contributed by atoms with Crippen molar-refractivity contribution in [3.05, 3.63) is 0 Å². The highest BCUT2D eigenvalue weighted by Gasteiger charge is 2.17. The average Bonchev–Trinajstić information content (AvgIpc) is 1.88. The summed E-state index contributed by atoms with van der Waals surface area (Å²) in [4.78, 5) is 0. The number of halogens is 1. The highest BCUT2D eigenvalue weighted by Crippen LogP contribution is 2.26. The van der Waals surface area contributed by atoms with Crippen LogP contribution in [-0.2, 0) is 0 Å². The first-order chi connectivity index (χ1) is 4.83. The first kappa shape index (κ1) is 7.95. The predicted molar refractivity (Wildman–Crippen MR) is 45.0 cm³/mol. The topological polar surface area (TPSA) is 0 Å². The molecule has 10 heavy (non-hydrogen) atoms. The second kappa shape index (κ2) is 3.88. The summed E-state index contributed by atoms with van der Waals surface area (Å²) in [6.45, 7) is 1.90. The molecule has 1 saturated carbocycles. The van der Waals surface area contributed by atoms with Gasteiger partial charge in [-0.1, -0.05) is 6.42 Å². The Balaban J connectivity index is 2.37. The van der Waals surface area contributed by atoms with Crippen molar-refractivity contribution >= 4 is 11.6 Å². The molecular weight excluding hydrogens is 144 g/mol. The largest absolute Gasteiger partial charge is 0.123 e. The minimum atomic E-state index is 0.389. The quantitative estimate of drug-likeness (QED) is 0.374. The minimum Gasteiger partial charge on any atom is -0.123 e. The van der Waals surface area contributed by atoms with E-state index in [1.54, 1.807) is 0 Å². The van der Waals surface area contributed by atoms with Gasteiger partial charge in [-0.25, -0.2) is 0 Å². The molecule has 0 bridgehead atoms. The maximum atomic E-state index is 5.98. The van der Waals surface area contributed by atoms with Crippen LogP contribution in [0.1, 0.15) is 32.6 Å². The maximum Gasteiger partial charge on any atom is 0.0347 e. The van der Waals surface area contributed by atoms with Gasteiger partial charge in [0, 0.05) is 11.3 Å². The van der Waals surface area contributed by atoms with Crippen molar-refractivity contribution in [2.75, 3.05) is 0 Å². The van der Waals surface area contributed by atoms with Gasteiger partial charge >= 0.3 is 0 Å². The summed E-state index contributed by atoms with van der Waals surface area (Å²) in [5.74, 6) is 6.71. The highest BCUT2D eigenvalue weighted by atomic mass is 35.5. The van der Waals surface area contributed by atoms with E-state index < -0.39 is 0 Å². The third-order valence-electron chi connectivity index (χ3n) is 1.96. The van der Waals surface area contributed by atoms with Gasteiger partial charge in [-0.2, -0.15) is 0 Å². The number of rotatable bonds is 0. The van der Waals surface area contributed by atoms with Crippen molar-refractivity contribution in [3.63, 3.8) is 0 Å². The fraction of sp³-hybridized carbons (Fsp3) is 0.778. The number of alkyl halides is 1. The van der Waals surface area contributed by atoms with E-state index in [4.69, 9.17) is 11.6 Å². The van der Waals surface area contributed by atoms with E-state index in [-0.39, 0.29) is 0 Å². The van der Waals surface area contributed by atoms with E-state index in [9.17, 15) is 0 Å². The lowest BCUT2D eigenvalue weighted by Crippen LogP contribution is -2.13. The Labute approximate surface area is 68.0 Å². The van der Waals surface area contributed by atoms with E-state index in [1.165, 1.54) is 19.3 Å². The Morgan fingerprint density at radius 1 is 1.40 bits per heavy atom. The molecule has 0 saturated heterocycles. The lowest BCUT2D eigenvalue weighted by molar-refractivity contribution is 0.436. The van der Waals surface area contributed by atoms with Crippen LogP contribution in [0.2, 0.25) is 0 Å². The fourth-order valence-electron chi connectivity index (χ4n) is 1.47. The van der Waals surface area contributed by atoms with E-state index >= 15 is 0 Å². The molecule has 0 nitrogen and oxygen atoms in total. The van der Waals surface area contributed by atoms with Crippen molar-refractivity contribution in [1.82, 2.24) is 0 Å². The van der Waals surface area contributed by atoms with Gasteiger partial charge in [0.1, 0.15) is 0 Å². The third kappa shape index (κ3) is 2.23. The molecule has 1 aliphatic carbocycles. The highest BCUT2D eigenvalue weighted by molar-refractivity contribution is 6.20. The second-order valence-electron chi connectivity index (χ2n) is 2.86. The normalized spacial score (nSPS) is 32.6. The zero-order valence-corrected chi connectivity index (χ0v) is 7.12. The third-order valence-corrected chi connectivity index (χ3v) is 2.36. The molecule has 0 aliphatic heterocycles. The Kier molecular flexibility index (Phi) is 3.09. The summed E-state index contributed by atoms with van der Waals surface area (Å²) < 4.78 is 0. The molecule has 1 heteroatoms. The molecule has 2 atom stereocenters. The van der Waals surface area contributed by atoms with Gasteiger partial charge in [0.25, 0.3) is 0 Å². The molecule has 56 valence electrons. The summed E-state index contributed by atoms with van der Waals surface area (Å²) in [7, 11) is 0. The Hall–Kier alpha value is -0.150. The first-order valence-electron chi connectivity index (χ1n) is 3.89. The molecule has 1 fully saturated rings. The number of hydrogen-bond acceptors (Lipinski definition) is 0. The van der Waals surface area contributed by atoms with E-state index in [2.05, 4.69) is 11.8 Å². The predicted octanol–water partition coefficient (Wildman–Crippen LogP) is 2.81. The second-order valence-corrected chi connectivity index (χ2v) is 3.47. The van der Waals surface area contributed by atoms with E-state index in [1.807, 2.05) is 6.92 Å². The zero-order valence-electron chi connectivity index (χ0n) is 6.36. The van der Waals surface area contributed by atoms with Gasteiger partial charge in [-0.15, -0.1) is 23.4 Å². The van der Waals surface area contributed by atoms with Crippen LogP contribution >= 0.6 is 11.6 Å². The zero-order chi connectivity index (χ0) is 7.40.